The van der Waals surface area contributed by atoms with Crippen molar-refractivity contribution >= 4 is 35.0 Å². The number of benzene rings is 2. The Labute approximate surface area is 197 Å². The standard InChI is InChI=1S/C22H19ClF2N6OS/c1-3-31-21(16-11-30(2)29-20(16)13-4-6-14(23)7-5-13)27-28-22(31)33-12-19(32)26-18-9-8-15(24)10-17(18)25/h4-11H,3,12H2,1-2H3,(H,26,32). The zero-order chi connectivity index (χ0) is 23.5. The van der Waals surface area contributed by atoms with Gasteiger partial charge in [-0.25, -0.2) is 8.78 Å². The van der Waals surface area contributed by atoms with Crippen LogP contribution in [0.2, 0.25) is 5.02 Å². The highest BCUT2D eigenvalue weighted by Gasteiger charge is 2.20. The van der Waals surface area contributed by atoms with Gasteiger partial charge in [0.1, 0.15) is 17.3 Å². The van der Waals surface area contributed by atoms with Gasteiger partial charge in [-0.15, -0.1) is 10.2 Å². The normalized spacial score (nSPS) is 11.1. The average Bonchev–Trinajstić information content (AvgIpc) is 3.37. The van der Waals surface area contributed by atoms with Crippen molar-refractivity contribution in [1.82, 2.24) is 24.5 Å². The van der Waals surface area contributed by atoms with E-state index in [1.807, 2.05) is 36.9 Å². The van der Waals surface area contributed by atoms with Gasteiger partial charge in [0.15, 0.2) is 11.0 Å². The van der Waals surface area contributed by atoms with Crippen LogP contribution >= 0.6 is 23.4 Å². The predicted octanol–water partition coefficient (Wildman–Crippen LogP) is 5.03. The summed E-state index contributed by atoms with van der Waals surface area (Å²) in [6, 6.07) is 10.3. The van der Waals surface area contributed by atoms with Gasteiger partial charge in [-0.05, 0) is 31.2 Å². The van der Waals surface area contributed by atoms with E-state index in [1.54, 1.807) is 16.8 Å². The van der Waals surface area contributed by atoms with Crippen molar-refractivity contribution in [2.75, 3.05) is 11.1 Å². The minimum Gasteiger partial charge on any atom is -0.323 e. The number of anilines is 1. The van der Waals surface area contributed by atoms with Gasteiger partial charge in [0.05, 0.1) is 17.0 Å². The SMILES string of the molecule is CCn1c(SCC(=O)Nc2ccc(F)cc2F)nnc1-c1cn(C)nc1-c1ccc(Cl)cc1. The Balaban J connectivity index is 1.54. The number of rotatable bonds is 7. The number of nitrogens with zero attached hydrogens (tertiary/aromatic N) is 5. The van der Waals surface area contributed by atoms with E-state index in [0.717, 1.165) is 29.0 Å². The molecule has 2 heterocycles. The summed E-state index contributed by atoms with van der Waals surface area (Å²) in [6.45, 7) is 2.51. The first-order chi connectivity index (χ1) is 15.9. The van der Waals surface area contributed by atoms with Crippen molar-refractivity contribution < 1.29 is 13.6 Å². The van der Waals surface area contributed by atoms with Gasteiger partial charge >= 0.3 is 0 Å². The molecule has 4 rings (SSSR count). The smallest absolute Gasteiger partial charge is 0.234 e. The molecule has 0 radical (unpaired) electrons. The minimum absolute atomic E-state index is 0.0218. The van der Waals surface area contributed by atoms with Crippen LogP contribution in [0.3, 0.4) is 0 Å². The topological polar surface area (TPSA) is 77.6 Å². The number of hydrogen-bond acceptors (Lipinski definition) is 5. The number of carbonyl (C=O) groups excluding carboxylic acids is 1. The molecule has 1 amide bonds. The number of hydrogen-bond donors (Lipinski definition) is 1. The van der Waals surface area contributed by atoms with Crippen LogP contribution in [0.1, 0.15) is 6.92 Å². The maximum absolute atomic E-state index is 13.8. The van der Waals surface area contributed by atoms with Gasteiger partial charge in [0.2, 0.25) is 5.91 Å². The van der Waals surface area contributed by atoms with Crippen molar-refractivity contribution in [2.45, 2.75) is 18.6 Å². The lowest BCUT2D eigenvalue weighted by molar-refractivity contribution is -0.113. The first-order valence-electron chi connectivity index (χ1n) is 9.96. The molecule has 0 spiro atoms. The molecule has 0 fully saturated rings. The van der Waals surface area contributed by atoms with E-state index in [-0.39, 0.29) is 11.4 Å². The monoisotopic (exact) mass is 488 g/mol. The van der Waals surface area contributed by atoms with E-state index in [9.17, 15) is 13.6 Å². The van der Waals surface area contributed by atoms with E-state index in [0.29, 0.717) is 22.5 Å². The van der Waals surface area contributed by atoms with Crippen LogP contribution in [0.4, 0.5) is 14.5 Å². The molecule has 0 aliphatic rings. The van der Waals surface area contributed by atoms with Crippen molar-refractivity contribution in [3.05, 3.63) is 65.3 Å². The molecule has 1 N–H and O–H groups in total. The first kappa shape index (κ1) is 22.9. The third-order valence-corrected chi connectivity index (χ3v) is 5.98. The minimum atomic E-state index is -0.835. The molecule has 7 nitrogen and oxygen atoms in total. The summed E-state index contributed by atoms with van der Waals surface area (Å²) in [5.41, 5.74) is 2.33. The van der Waals surface area contributed by atoms with Crippen LogP contribution in [0, 0.1) is 11.6 Å². The Morgan fingerprint density at radius 3 is 2.61 bits per heavy atom. The molecule has 0 unspecified atom stereocenters. The fourth-order valence-corrected chi connectivity index (χ4v) is 4.19. The quantitative estimate of drug-likeness (QED) is 0.369. The lowest BCUT2D eigenvalue weighted by Gasteiger charge is -2.08. The maximum Gasteiger partial charge on any atom is 0.234 e. The van der Waals surface area contributed by atoms with E-state index in [4.69, 9.17) is 11.6 Å². The predicted molar refractivity (Wildman–Crippen MR) is 124 cm³/mol. The Morgan fingerprint density at radius 1 is 1.15 bits per heavy atom. The number of thioether (sulfide) groups is 1. The van der Waals surface area contributed by atoms with Gasteiger partial charge < -0.3 is 9.88 Å². The number of carbonyl (C=O) groups is 1. The number of nitrogens with one attached hydrogen (secondary N) is 1. The fourth-order valence-electron chi connectivity index (χ4n) is 3.26. The molecule has 2 aromatic carbocycles. The van der Waals surface area contributed by atoms with Crippen molar-refractivity contribution in [3.63, 3.8) is 0 Å². The van der Waals surface area contributed by atoms with Crippen LogP contribution in [0.15, 0.2) is 53.8 Å². The summed E-state index contributed by atoms with van der Waals surface area (Å²) >= 11 is 7.18. The van der Waals surface area contributed by atoms with Crippen LogP contribution in [-0.2, 0) is 18.4 Å². The highest BCUT2D eigenvalue weighted by atomic mass is 35.5. The first-order valence-corrected chi connectivity index (χ1v) is 11.3. The fraction of sp³-hybridized carbons (Fsp3) is 0.182. The highest BCUT2D eigenvalue weighted by Crippen LogP contribution is 2.32. The highest BCUT2D eigenvalue weighted by molar-refractivity contribution is 7.99. The molecular formula is C22H19ClF2N6OS. The molecule has 0 saturated heterocycles. The number of aryl methyl sites for hydroxylation is 1. The molecule has 11 heteroatoms. The third-order valence-electron chi connectivity index (χ3n) is 4.76. The van der Waals surface area contributed by atoms with Gasteiger partial charge in [-0.1, -0.05) is 35.5 Å². The van der Waals surface area contributed by atoms with Gasteiger partial charge in [-0.3, -0.25) is 9.48 Å². The zero-order valence-corrected chi connectivity index (χ0v) is 19.3. The van der Waals surface area contributed by atoms with Gasteiger partial charge in [0.25, 0.3) is 0 Å². The molecule has 0 bridgehead atoms. The van der Waals surface area contributed by atoms with Crippen LogP contribution in [-0.4, -0.2) is 36.2 Å². The van der Waals surface area contributed by atoms with Crippen LogP contribution < -0.4 is 5.32 Å². The van der Waals surface area contributed by atoms with Crippen molar-refractivity contribution in [1.29, 1.82) is 0 Å². The Kier molecular flexibility index (Phi) is 6.75. The van der Waals surface area contributed by atoms with Gasteiger partial charge in [-0.2, -0.15) is 5.10 Å². The number of halogens is 3. The number of aromatic nitrogens is 5. The summed E-state index contributed by atoms with van der Waals surface area (Å²) in [7, 11) is 1.82. The van der Waals surface area contributed by atoms with E-state index >= 15 is 0 Å². The second-order valence-corrected chi connectivity index (χ2v) is 8.46. The molecule has 2 aromatic heterocycles. The van der Waals surface area contributed by atoms with Crippen LogP contribution in [0.5, 0.6) is 0 Å². The lowest BCUT2D eigenvalue weighted by Crippen LogP contribution is -2.15. The molecule has 170 valence electrons. The number of amides is 1. The maximum atomic E-state index is 13.8. The summed E-state index contributed by atoms with van der Waals surface area (Å²) in [4.78, 5) is 12.3. The molecule has 0 aliphatic carbocycles. The summed E-state index contributed by atoms with van der Waals surface area (Å²) in [5, 5.41) is 16.8. The summed E-state index contributed by atoms with van der Waals surface area (Å²) in [6.07, 6.45) is 1.86. The molecule has 0 aliphatic heterocycles. The Bertz CT molecular complexity index is 1300. The summed E-state index contributed by atoms with van der Waals surface area (Å²) in [5.74, 6) is -1.40. The molecule has 0 atom stereocenters. The average molecular weight is 489 g/mol. The molecular weight excluding hydrogens is 470 g/mol. The van der Waals surface area contributed by atoms with E-state index < -0.39 is 17.5 Å². The molecule has 0 saturated carbocycles. The van der Waals surface area contributed by atoms with E-state index in [2.05, 4.69) is 20.6 Å². The van der Waals surface area contributed by atoms with Crippen LogP contribution in [0.25, 0.3) is 22.6 Å². The van der Waals surface area contributed by atoms with Crippen molar-refractivity contribution in [3.8, 4) is 22.6 Å². The van der Waals surface area contributed by atoms with Gasteiger partial charge in [0, 0.05) is 36.4 Å². The Hall–Kier alpha value is -3.24. The lowest BCUT2D eigenvalue weighted by atomic mass is 10.1. The Morgan fingerprint density at radius 2 is 1.91 bits per heavy atom. The van der Waals surface area contributed by atoms with Crippen molar-refractivity contribution in [2.24, 2.45) is 7.05 Å². The largest absolute Gasteiger partial charge is 0.323 e. The zero-order valence-electron chi connectivity index (χ0n) is 17.7. The summed E-state index contributed by atoms with van der Waals surface area (Å²) < 4.78 is 30.4. The second-order valence-electron chi connectivity index (χ2n) is 7.08. The molecule has 33 heavy (non-hydrogen) atoms. The van der Waals surface area contributed by atoms with E-state index in [1.165, 1.54) is 17.8 Å². The third kappa shape index (κ3) is 5.07. The second kappa shape index (κ2) is 9.72. The molecule has 4 aromatic rings.